The van der Waals surface area contributed by atoms with Gasteiger partial charge in [0.05, 0.1) is 13.7 Å². The Morgan fingerprint density at radius 3 is 2.83 bits per heavy atom. The van der Waals surface area contributed by atoms with E-state index in [0.29, 0.717) is 11.4 Å². The molecule has 0 aliphatic rings. The third-order valence-electron chi connectivity index (χ3n) is 3.06. The molecule has 0 unspecified atom stereocenters. The second-order valence-electron chi connectivity index (χ2n) is 4.65. The molecule has 2 rings (SSSR count). The maximum Gasteiger partial charge on any atom is 0.257 e. The SMILES string of the molecule is COc1ncccc1C(=O)NCC#CCOc1ccccc1C. The molecule has 1 heterocycles. The molecule has 0 saturated heterocycles. The van der Waals surface area contributed by atoms with Crippen LogP contribution >= 0.6 is 0 Å². The largest absolute Gasteiger partial charge is 0.481 e. The molecular weight excluding hydrogens is 292 g/mol. The Kier molecular flexibility index (Phi) is 6.01. The predicted octanol–water partition coefficient (Wildman–Crippen LogP) is 2.21. The Hall–Kier alpha value is -3.00. The van der Waals surface area contributed by atoms with E-state index in [2.05, 4.69) is 22.1 Å². The molecule has 0 spiro atoms. The van der Waals surface area contributed by atoms with Gasteiger partial charge in [-0.2, -0.15) is 0 Å². The van der Waals surface area contributed by atoms with Gasteiger partial charge in [0.1, 0.15) is 17.9 Å². The van der Waals surface area contributed by atoms with Gasteiger partial charge in [-0.25, -0.2) is 4.98 Å². The normalized spacial score (nSPS) is 9.48. The van der Waals surface area contributed by atoms with E-state index in [1.807, 2.05) is 31.2 Å². The number of methoxy groups -OCH3 is 1. The van der Waals surface area contributed by atoms with Gasteiger partial charge in [-0.15, -0.1) is 0 Å². The molecule has 0 fully saturated rings. The number of pyridine rings is 1. The van der Waals surface area contributed by atoms with Crippen LogP contribution in [0.15, 0.2) is 42.6 Å². The molecule has 0 bridgehead atoms. The highest BCUT2D eigenvalue weighted by atomic mass is 16.5. The Bertz CT molecular complexity index is 732. The van der Waals surface area contributed by atoms with Crippen molar-refractivity contribution in [2.75, 3.05) is 20.3 Å². The maximum atomic E-state index is 12.0. The molecular formula is C18H18N2O3. The zero-order chi connectivity index (χ0) is 16.5. The first kappa shape index (κ1) is 16.4. The summed E-state index contributed by atoms with van der Waals surface area (Å²) < 4.78 is 10.6. The average Bonchev–Trinajstić information content (AvgIpc) is 2.59. The van der Waals surface area contributed by atoms with Crippen LogP contribution in [0.5, 0.6) is 11.6 Å². The number of amides is 1. The number of aromatic nitrogens is 1. The maximum absolute atomic E-state index is 12.0. The van der Waals surface area contributed by atoms with Crippen molar-refractivity contribution in [1.82, 2.24) is 10.3 Å². The minimum atomic E-state index is -0.274. The number of hydrogen-bond acceptors (Lipinski definition) is 4. The van der Waals surface area contributed by atoms with E-state index in [1.165, 1.54) is 7.11 Å². The van der Waals surface area contributed by atoms with Crippen molar-refractivity contribution in [1.29, 1.82) is 0 Å². The minimum absolute atomic E-state index is 0.230. The summed E-state index contributed by atoms with van der Waals surface area (Å²) in [6.07, 6.45) is 1.57. The predicted molar refractivity (Wildman–Crippen MR) is 87.6 cm³/mol. The number of para-hydroxylation sites is 1. The summed E-state index contributed by atoms with van der Waals surface area (Å²) in [7, 11) is 1.47. The molecule has 5 heteroatoms. The third-order valence-corrected chi connectivity index (χ3v) is 3.06. The highest BCUT2D eigenvalue weighted by Crippen LogP contribution is 2.15. The summed E-state index contributed by atoms with van der Waals surface area (Å²) in [5, 5.41) is 2.70. The highest BCUT2D eigenvalue weighted by molar-refractivity contribution is 5.96. The van der Waals surface area contributed by atoms with Gasteiger partial charge in [-0.3, -0.25) is 4.79 Å². The van der Waals surface area contributed by atoms with Gasteiger partial charge in [0.2, 0.25) is 5.88 Å². The monoisotopic (exact) mass is 310 g/mol. The number of aryl methyl sites for hydroxylation is 1. The molecule has 23 heavy (non-hydrogen) atoms. The summed E-state index contributed by atoms with van der Waals surface area (Å²) in [5.74, 6) is 6.54. The number of benzene rings is 1. The van der Waals surface area contributed by atoms with Crippen LogP contribution in [0.4, 0.5) is 0 Å². The molecule has 1 aromatic carbocycles. The van der Waals surface area contributed by atoms with Gasteiger partial charge >= 0.3 is 0 Å². The van der Waals surface area contributed by atoms with Crippen molar-refractivity contribution in [3.63, 3.8) is 0 Å². The van der Waals surface area contributed by atoms with Gasteiger partial charge in [-0.05, 0) is 30.7 Å². The van der Waals surface area contributed by atoms with Crippen molar-refractivity contribution in [2.24, 2.45) is 0 Å². The Labute approximate surface area is 135 Å². The van der Waals surface area contributed by atoms with Crippen LogP contribution in [0.25, 0.3) is 0 Å². The minimum Gasteiger partial charge on any atom is -0.481 e. The molecule has 0 aliphatic heterocycles. The Balaban J connectivity index is 1.79. The number of hydrogen-bond donors (Lipinski definition) is 1. The summed E-state index contributed by atoms with van der Waals surface area (Å²) in [4.78, 5) is 16.0. The number of rotatable bonds is 5. The van der Waals surface area contributed by atoms with Crippen LogP contribution in [0.1, 0.15) is 15.9 Å². The molecule has 0 aliphatic carbocycles. The smallest absolute Gasteiger partial charge is 0.257 e. The molecule has 0 saturated carbocycles. The van der Waals surface area contributed by atoms with E-state index in [1.54, 1.807) is 18.3 Å². The van der Waals surface area contributed by atoms with E-state index in [-0.39, 0.29) is 19.1 Å². The lowest BCUT2D eigenvalue weighted by atomic mass is 10.2. The van der Waals surface area contributed by atoms with Crippen LogP contribution in [-0.2, 0) is 0 Å². The average molecular weight is 310 g/mol. The fraction of sp³-hybridized carbons (Fsp3) is 0.222. The fourth-order valence-corrected chi connectivity index (χ4v) is 1.89. The van der Waals surface area contributed by atoms with Gasteiger partial charge in [0, 0.05) is 6.20 Å². The number of carbonyl (C=O) groups excluding carboxylic acids is 1. The molecule has 0 atom stereocenters. The lowest BCUT2D eigenvalue weighted by Gasteiger charge is -2.06. The van der Waals surface area contributed by atoms with Crippen LogP contribution in [0.2, 0.25) is 0 Å². The van der Waals surface area contributed by atoms with Crippen molar-refractivity contribution < 1.29 is 14.3 Å². The number of nitrogens with zero attached hydrogens (tertiary/aromatic N) is 1. The second-order valence-corrected chi connectivity index (χ2v) is 4.65. The van der Waals surface area contributed by atoms with Crippen LogP contribution < -0.4 is 14.8 Å². The quantitative estimate of drug-likeness (QED) is 0.860. The zero-order valence-corrected chi connectivity index (χ0v) is 13.1. The molecule has 0 radical (unpaired) electrons. The molecule has 5 nitrogen and oxygen atoms in total. The first-order valence-electron chi connectivity index (χ1n) is 7.13. The zero-order valence-electron chi connectivity index (χ0n) is 13.1. The van der Waals surface area contributed by atoms with Crippen LogP contribution in [0, 0.1) is 18.8 Å². The van der Waals surface area contributed by atoms with Crippen molar-refractivity contribution in [2.45, 2.75) is 6.92 Å². The van der Waals surface area contributed by atoms with Crippen LogP contribution in [0.3, 0.4) is 0 Å². The fourth-order valence-electron chi connectivity index (χ4n) is 1.89. The van der Waals surface area contributed by atoms with Gasteiger partial charge in [0.25, 0.3) is 5.91 Å². The molecule has 2 aromatic rings. The Morgan fingerprint density at radius 1 is 1.22 bits per heavy atom. The molecule has 1 N–H and O–H groups in total. The molecule has 1 aromatic heterocycles. The molecule has 1 amide bonds. The van der Waals surface area contributed by atoms with Gasteiger partial charge in [0.15, 0.2) is 0 Å². The standard InChI is InChI=1S/C18H18N2O3/c1-14-8-3-4-10-16(14)23-13-6-5-11-19-17(21)15-9-7-12-20-18(15)22-2/h3-4,7-10,12H,11,13H2,1-2H3,(H,19,21). The first-order chi connectivity index (χ1) is 11.2. The second kappa shape index (κ2) is 8.44. The third kappa shape index (κ3) is 4.75. The Morgan fingerprint density at radius 2 is 2.04 bits per heavy atom. The number of carbonyl (C=O) groups is 1. The van der Waals surface area contributed by atoms with E-state index >= 15 is 0 Å². The topological polar surface area (TPSA) is 60.5 Å². The summed E-state index contributed by atoms with van der Waals surface area (Å²) in [5.41, 5.74) is 1.44. The number of ether oxygens (including phenoxy) is 2. The van der Waals surface area contributed by atoms with Crippen molar-refractivity contribution in [3.05, 3.63) is 53.7 Å². The van der Waals surface area contributed by atoms with E-state index in [0.717, 1.165) is 11.3 Å². The lowest BCUT2D eigenvalue weighted by Crippen LogP contribution is -2.24. The van der Waals surface area contributed by atoms with E-state index in [9.17, 15) is 4.79 Å². The first-order valence-corrected chi connectivity index (χ1v) is 7.13. The van der Waals surface area contributed by atoms with Crippen LogP contribution in [-0.4, -0.2) is 31.2 Å². The highest BCUT2D eigenvalue weighted by Gasteiger charge is 2.11. The van der Waals surface area contributed by atoms with E-state index < -0.39 is 0 Å². The summed E-state index contributed by atoms with van der Waals surface area (Å²) in [6.45, 7) is 2.48. The van der Waals surface area contributed by atoms with E-state index in [4.69, 9.17) is 9.47 Å². The molecule has 118 valence electrons. The van der Waals surface area contributed by atoms with Crippen molar-refractivity contribution in [3.8, 4) is 23.5 Å². The lowest BCUT2D eigenvalue weighted by molar-refractivity contribution is 0.0955. The number of nitrogens with one attached hydrogen (secondary N) is 1. The van der Waals surface area contributed by atoms with Gasteiger partial charge < -0.3 is 14.8 Å². The van der Waals surface area contributed by atoms with Crippen molar-refractivity contribution >= 4 is 5.91 Å². The summed E-state index contributed by atoms with van der Waals surface area (Å²) >= 11 is 0. The summed E-state index contributed by atoms with van der Waals surface area (Å²) in [6, 6.07) is 11.1. The van der Waals surface area contributed by atoms with Gasteiger partial charge in [-0.1, -0.05) is 30.0 Å².